The highest BCUT2D eigenvalue weighted by Crippen LogP contribution is 2.56. The van der Waals surface area contributed by atoms with Crippen molar-refractivity contribution in [2.75, 3.05) is 10.2 Å². The number of hydrogen-bond donors (Lipinski definition) is 1. The summed E-state index contributed by atoms with van der Waals surface area (Å²) >= 11 is 7.37. The third-order valence-corrected chi connectivity index (χ3v) is 6.46. The molecule has 2 aromatic rings. The number of aryl methyl sites for hydroxylation is 1. The second kappa shape index (κ2) is 6.24. The van der Waals surface area contributed by atoms with Crippen LogP contribution in [0.15, 0.2) is 41.3 Å². The van der Waals surface area contributed by atoms with Crippen molar-refractivity contribution < 1.29 is 14.5 Å². The summed E-state index contributed by atoms with van der Waals surface area (Å²) in [6.45, 7) is 1.63. The lowest BCUT2D eigenvalue weighted by Gasteiger charge is -2.29. The number of thioether (sulfide) groups is 1. The van der Waals surface area contributed by atoms with E-state index < -0.39 is 9.79 Å². The van der Waals surface area contributed by atoms with Gasteiger partial charge in [-0.15, -0.1) is 0 Å². The number of nitro groups is 1. The summed E-state index contributed by atoms with van der Waals surface area (Å²) in [7, 11) is 0. The molecule has 1 N–H and O–H groups in total. The summed E-state index contributed by atoms with van der Waals surface area (Å²) in [6, 6.07) is 9.71. The molecule has 2 aliphatic heterocycles. The molecule has 0 saturated carbocycles. The van der Waals surface area contributed by atoms with Crippen molar-refractivity contribution in [3.63, 3.8) is 0 Å². The zero-order chi connectivity index (χ0) is 19.3. The predicted octanol–water partition coefficient (Wildman–Crippen LogP) is 4.12. The lowest BCUT2D eigenvalue weighted by atomic mass is 10.1. The van der Waals surface area contributed by atoms with Crippen LogP contribution in [0.25, 0.3) is 0 Å². The van der Waals surface area contributed by atoms with Gasteiger partial charge in [-0.25, -0.2) is 0 Å². The molecule has 2 aliphatic rings. The van der Waals surface area contributed by atoms with E-state index in [0.29, 0.717) is 28.4 Å². The van der Waals surface area contributed by atoms with Crippen LogP contribution in [-0.4, -0.2) is 21.6 Å². The van der Waals surface area contributed by atoms with E-state index in [1.165, 1.54) is 22.7 Å². The highest BCUT2D eigenvalue weighted by Gasteiger charge is 2.57. The number of nitrogens with zero attached hydrogens (tertiary/aromatic N) is 2. The van der Waals surface area contributed by atoms with Crippen molar-refractivity contribution in [1.29, 1.82) is 0 Å². The summed E-state index contributed by atoms with van der Waals surface area (Å²) in [5, 5.41) is 14.4. The minimum Gasteiger partial charge on any atom is -0.323 e. The van der Waals surface area contributed by atoms with Gasteiger partial charge in [-0.2, -0.15) is 0 Å². The van der Waals surface area contributed by atoms with Crippen molar-refractivity contribution in [3.8, 4) is 0 Å². The third kappa shape index (κ3) is 2.76. The fraction of sp³-hybridized carbons (Fsp3) is 0.222. The first-order valence-electron chi connectivity index (χ1n) is 8.20. The zero-order valence-electron chi connectivity index (χ0n) is 14.2. The van der Waals surface area contributed by atoms with Crippen molar-refractivity contribution in [2.45, 2.75) is 29.5 Å². The van der Waals surface area contributed by atoms with Gasteiger partial charge in [0.05, 0.1) is 10.6 Å². The number of benzene rings is 2. The van der Waals surface area contributed by atoms with Gasteiger partial charge in [0.15, 0.2) is 4.87 Å². The Morgan fingerprint density at radius 3 is 2.85 bits per heavy atom. The van der Waals surface area contributed by atoms with E-state index >= 15 is 0 Å². The second-order valence-electron chi connectivity index (χ2n) is 6.44. The second-order valence-corrected chi connectivity index (χ2v) is 8.20. The monoisotopic (exact) mass is 403 g/mol. The van der Waals surface area contributed by atoms with Crippen LogP contribution in [0.4, 0.5) is 17.1 Å². The van der Waals surface area contributed by atoms with E-state index in [9.17, 15) is 19.7 Å². The fourth-order valence-electron chi connectivity index (χ4n) is 3.43. The summed E-state index contributed by atoms with van der Waals surface area (Å²) in [5.41, 5.74) is 1.38. The quantitative estimate of drug-likeness (QED) is 0.614. The molecular formula is C18H14ClN3O4S. The molecule has 1 unspecified atom stereocenters. The number of carbonyl (C=O) groups excluding carboxylic acids is 2. The van der Waals surface area contributed by atoms with Crippen molar-refractivity contribution in [2.24, 2.45) is 0 Å². The van der Waals surface area contributed by atoms with E-state index in [4.69, 9.17) is 11.6 Å². The molecule has 0 radical (unpaired) electrons. The highest BCUT2D eigenvalue weighted by molar-refractivity contribution is 8.02. The number of halogens is 1. The summed E-state index contributed by atoms with van der Waals surface area (Å²) in [6.07, 6.45) is 0.600. The molecule has 0 spiro atoms. The summed E-state index contributed by atoms with van der Waals surface area (Å²) in [5.74, 6) is -0.530. The number of nitro benzene ring substituents is 1. The molecule has 2 aromatic carbocycles. The summed E-state index contributed by atoms with van der Waals surface area (Å²) in [4.78, 5) is 37.5. The van der Waals surface area contributed by atoms with Gasteiger partial charge < -0.3 is 5.32 Å². The molecule has 2 heterocycles. The van der Waals surface area contributed by atoms with Crippen LogP contribution in [0.2, 0.25) is 5.02 Å². The van der Waals surface area contributed by atoms with Gasteiger partial charge in [-0.1, -0.05) is 29.4 Å². The van der Waals surface area contributed by atoms with Crippen LogP contribution in [0.1, 0.15) is 18.4 Å². The number of anilines is 2. The first-order chi connectivity index (χ1) is 12.8. The van der Waals surface area contributed by atoms with Crippen molar-refractivity contribution in [3.05, 3.63) is 57.1 Å². The molecule has 1 saturated heterocycles. The number of carbonyl (C=O) groups is 2. The van der Waals surface area contributed by atoms with E-state index in [0.717, 1.165) is 4.90 Å². The Balaban J connectivity index is 1.69. The van der Waals surface area contributed by atoms with E-state index in [-0.39, 0.29) is 23.9 Å². The number of fused-ring (bicyclic) bond motifs is 3. The van der Waals surface area contributed by atoms with Crippen LogP contribution in [0.5, 0.6) is 0 Å². The maximum atomic E-state index is 13.2. The number of nitrogens with one attached hydrogen (secondary N) is 1. The topological polar surface area (TPSA) is 92.6 Å². The van der Waals surface area contributed by atoms with E-state index in [1.807, 2.05) is 0 Å². The van der Waals surface area contributed by atoms with Crippen LogP contribution in [0, 0.1) is 17.0 Å². The van der Waals surface area contributed by atoms with Crippen LogP contribution in [-0.2, 0) is 9.59 Å². The Bertz CT molecular complexity index is 1010. The molecule has 1 fully saturated rings. The first kappa shape index (κ1) is 17.8. The van der Waals surface area contributed by atoms with Gasteiger partial charge in [-0.3, -0.25) is 24.6 Å². The number of amides is 2. The van der Waals surface area contributed by atoms with Crippen molar-refractivity contribution >= 4 is 52.2 Å². The molecule has 0 bridgehead atoms. The van der Waals surface area contributed by atoms with Gasteiger partial charge >= 0.3 is 0 Å². The Morgan fingerprint density at radius 1 is 1.33 bits per heavy atom. The lowest BCUT2D eigenvalue weighted by Crippen LogP contribution is -2.49. The molecule has 4 rings (SSSR count). The Kier molecular flexibility index (Phi) is 4.12. The zero-order valence-corrected chi connectivity index (χ0v) is 15.8. The Hall–Kier alpha value is -2.58. The molecule has 0 aromatic heterocycles. The number of rotatable bonds is 3. The van der Waals surface area contributed by atoms with Crippen molar-refractivity contribution in [1.82, 2.24) is 0 Å². The third-order valence-electron chi connectivity index (χ3n) is 4.75. The smallest absolute Gasteiger partial charge is 0.274 e. The fourth-order valence-corrected chi connectivity index (χ4v) is 4.99. The molecule has 138 valence electrons. The Labute approximate surface area is 163 Å². The van der Waals surface area contributed by atoms with Crippen LogP contribution in [0.3, 0.4) is 0 Å². The molecule has 2 amide bonds. The maximum Gasteiger partial charge on any atom is 0.274 e. The molecular weight excluding hydrogens is 390 g/mol. The van der Waals surface area contributed by atoms with Crippen LogP contribution < -0.4 is 10.2 Å². The largest absolute Gasteiger partial charge is 0.323 e. The summed E-state index contributed by atoms with van der Waals surface area (Å²) < 4.78 is 0. The molecule has 9 heteroatoms. The normalized spacial score (nSPS) is 20.4. The van der Waals surface area contributed by atoms with Crippen LogP contribution >= 0.6 is 23.4 Å². The average molecular weight is 404 g/mol. The predicted molar refractivity (Wildman–Crippen MR) is 103 cm³/mol. The average Bonchev–Trinajstić information content (AvgIpc) is 3.12. The standard InChI is InChI=1S/C18H14ClN3O4S/c1-10-2-4-12(9-13(10)22(25)26)20-17(24)18-7-6-16(23)21(18)14-8-11(19)3-5-15(14)27-18/h2-5,8-9H,6-7H2,1H3,(H,20,24). The van der Waals surface area contributed by atoms with Gasteiger partial charge in [0.1, 0.15) is 0 Å². The molecule has 1 atom stereocenters. The van der Waals surface area contributed by atoms with Gasteiger partial charge in [0.2, 0.25) is 5.91 Å². The minimum absolute atomic E-state index is 0.0706. The lowest BCUT2D eigenvalue weighted by molar-refractivity contribution is -0.385. The Morgan fingerprint density at radius 2 is 2.11 bits per heavy atom. The maximum absolute atomic E-state index is 13.2. The SMILES string of the molecule is Cc1ccc(NC(=O)C23CCC(=O)N2c2cc(Cl)ccc2S3)cc1[N+](=O)[O-]. The van der Waals surface area contributed by atoms with Gasteiger partial charge in [0.25, 0.3) is 11.6 Å². The van der Waals surface area contributed by atoms with E-state index in [1.54, 1.807) is 37.3 Å². The molecule has 27 heavy (non-hydrogen) atoms. The highest BCUT2D eigenvalue weighted by atomic mass is 35.5. The molecule has 0 aliphatic carbocycles. The van der Waals surface area contributed by atoms with Gasteiger partial charge in [0, 0.05) is 33.7 Å². The first-order valence-corrected chi connectivity index (χ1v) is 9.39. The minimum atomic E-state index is -1.11. The molecule has 7 nitrogen and oxygen atoms in total. The van der Waals surface area contributed by atoms with Gasteiger partial charge in [-0.05, 0) is 37.6 Å². The van der Waals surface area contributed by atoms with E-state index in [2.05, 4.69) is 5.32 Å². The number of hydrogen-bond acceptors (Lipinski definition) is 5.